The van der Waals surface area contributed by atoms with E-state index < -0.39 is 10.0 Å². The lowest BCUT2D eigenvalue weighted by Gasteiger charge is -2.32. The number of nitrogens with zero attached hydrogens (tertiary/aromatic N) is 1. The number of fused-ring (bicyclic) bond motifs is 1. The molecule has 1 aliphatic heterocycles. The van der Waals surface area contributed by atoms with E-state index in [9.17, 15) is 13.2 Å². The van der Waals surface area contributed by atoms with Crippen LogP contribution < -0.4 is 19.1 Å². The van der Waals surface area contributed by atoms with Crippen molar-refractivity contribution in [2.75, 3.05) is 30.4 Å². The van der Waals surface area contributed by atoms with Crippen LogP contribution >= 0.6 is 23.4 Å². The zero-order chi connectivity index (χ0) is 21.3. The summed E-state index contributed by atoms with van der Waals surface area (Å²) >= 11 is 7.74. The number of rotatable bonds is 5. The van der Waals surface area contributed by atoms with E-state index in [4.69, 9.17) is 21.1 Å². The van der Waals surface area contributed by atoms with E-state index in [1.807, 2.05) is 6.92 Å². The summed E-state index contributed by atoms with van der Waals surface area (Å²) in [6.45, 7) is 4.01. The molecule has 0 saturated heterocycles. The van der Waals surface area contributed by atoms with Crippen LogP contribution in [0.25, 0.3) is 0 Å². The highest BCUT2D eigenvalue weighted by atomic mass is 35.5. The molecule has 1 amide bonds. The highest BCUT2D eigenvalue weighted by Crippen LogP contribution is 2.41. The number of methoxy groups -OCH3 is 2. The summed E-state index contributed by atoms with van der Waals surface area (Å²) in [6, 6.07) is 7.67. The number of nitrogens with one attached hydrogen (secondary N) is 1. The van der Waals surface area contributed by atoms with Crippen molar-refractivity contribution >= 4 is 50.7 Å². The molecule has 1 heterocycles. The van der Waals surface area contributed by atoms with Crippen LogP contribution in [0.3, 0.4) is 0 Å². The van der Waals surface area contributed by atoms with Crippen LogP contribution in [0.15, 0.2) is 40.1 Å². The van der Waals surface area contributed by atoms with E-state index in [1.165, 1.54) is 45.4 Å². The van der Waals surface area contributed by atoms with E-state index in [0.29, 0.717) is 18.0 Å². The maximum atomic E-state index is 13.0. The van der Waals surface area contributed by atoms with Crippen molar-refractivity contribution in [3.63, 3.8) is 0 Å². The smallest absolute Gasteiger partial charge is 0.262 e. The van der Waals surface area contributed by atoms with Crippen molar-refractivity contribution in [1.82, 2.24) is 0 Å². The van der Waals surface area contributed by atoms with Gasteiger partial charge in [-0.15, -0.1) is 11.8 Å². The standard InChI is InChI=1S/C19H21ClN2O5S2/c1-11-10-22(12(2)23)16-7-13(5-6-19(16)28-11)29(24,25)21-15-8-14(20)17(26-3)9-18(15)27-4/h5-9,11,21H,10H2,1-4H3/t11-/m0/s1. The number of hydrogen-bond acceptors (Lipinski definition) is 6. The molecule has 1 atom stereocenters. The average molecular weight is 457 g/mol. The summed E-state index contributed by atoms with van der Waals surface area (Å²) in [5.41, 5.74) is 0.769. The second kappa shape index (κ2) is 8.33. The van der Waals surface area contributed by atoms with Crippen molar-refractivity contribution in [1.29, 1.82) is 0 Å². The summed E-state index contributed by atoms with van der Waals surface area (Å²) in [6.07, 6.45) is 0. The number of benzene rings is 2. The molecule has 7 nitrogen and oxygen atoms in total. The minimum Gasteiger partial charge on any atom is -0.495 e. The fraction of sp³-hybridized carbons (Fsp3) is 0.316. The fourth-order valence-electron chi connectivity index (χ4n) is 3.03. The van der Waals surface area contributed by atoms with Crippen molar-refractivity contribution in [3.05, 3.63) is 35.4 Å². The van der Waals surface area contributed by atoms with Gasteiger partial charge in [0.2, 0.25) is 5.91 Å². The molecule has 0 spiro atoms. The molecule has 29 heavy (non-hydrogen) atoms. The lowest BCUT2D eigenvalue weighted by molar-refractivity contribution is -0.116. The zero-order valence-electron chi connectivity index (χ0n) is 16.4. The largest absolute Gasteiger partial charge is 0.495 e. The Balaban J connectivity index is 2.00. The van der Waals surface area contributed by atoms with E-state index in [1.54, 1.807) is 22.7 Å². The van der Waals surface area contributed by atoms with E-state index in [-0.39, 0.29) is 32.5 Å². The number of sulfonamides is 1. The summed E-state index contributed by atoms with van der Waals surface area (Å²) in [5.74, 6) is 0.496. The summed E-state index contributed by atoms with van der Waals surface area (Å²) in [5, 5.41) is 0.460. The number of amides is 1. The second-order valence-electron chi connectivity index (χ2n) is 6.48. The lowest BCUT2D eigenvalue weighted by Crippen LogP contribution is -2.37. The predicted molar refractivity (Wildman–Crippen MR) is 115 cm³/mol. The molecule has 0 radical (unpaired) electrons. The van der Waals surface area contributed by atoms with Crippen LogP contribution in [0.2, 0.25) is 5.02 Å². The second-order valence-corrected chi connectivity index (χ2v) is 10.1. The number of carbonyl (C=O) groups is 1. The Morgan fingerprint density at radius 2 is 1.90 bits per heavy atom. The van der Waals surface area contributed by atoms with Gasteiger partial charge < -0.3 is 14.4 Å². The van der Waals surface area contributed by atoms with Gasteiger partial charge in [0.15, 0.2) is 0 Å². The highest BCUT2D eigenvalue weighted by molar-refractivity contribution is 8.00. The Hall–Kier alpha value is -2.10. The van der Waals surface area contributed by atoms with Gasteiger partial charge in [-0.1, -0.05) is 18.5 Å². The third-order valence-electron chi connectivity index (χ3n) is 4.40. The monoisotopic (exact) mass is 456 g/mol. The molecule has 156 valence electrons. The minimum absolute atomic E-state index is 0.0339. The SMILES string of the molecule is COc1cc(OC)c(NS(=O)(=O)c2ccc3c(c2)N(C(C)=O)C[C@H](C)S3)cc1Cl. The van der Waals surface area contributed by atoms with Crippen molar-refractivity contribution in [3.8, 4) is 11.5 Å². The molecule has 0 aliphatic carbocycles. The van der Waals surface area contributed by atoms with Gasteiger partial charge in [-0.25, -0.2) is 8.42 Å². The molecule has 2 aromatic carbocycles. The highest BCUT2D eigenvalue weighted by Gasteiger charge is 2.27. The first-order chi connectivity index (χ1) is 13.7. The van der Waals surface area contributed by atoms with Crippen LogP contribution in [-0.2, 0) is 14.8 Å². The summed E-state index contributed by atoms with van der Waals surface area (Å²) in [7, 11) is -1.08. The molecule has 0 saturated carbocycles. The van der Waals surface area contributed by atoms with Gasteiger partial charge in [-0.3, -0.25) is 9.52 Å². The Morgan fingerprint density at radius 3 is 2.52 bits per heavy atom. The van der Waals surface area contributed by atoms with Gasteiger partial charge >= 0.3 is 0 Å². The van der Waals surface area contributed by atoms with Gasteiger partial charge in [-0.05, 0) is 24.3 Å². The minimum atomic E-state index is -3.96. The molecule has 2 aromatic rings. The molecular formula is C19H21ClN2O5S2. The maximum absolute atomic E-state index is 13.0. The molecule has 1 N–H and O–H groups in total. The van der Waals surface area contributed by atoms with Crippen molar-refractivity contribution in [2.24, 2.45) is 0 Å². The van der Waals surface area contributed by atoms with Crippen molar-refractivity contribution in [2.45, 2.75) is 28.9 Å². The van der Waals surface area contributed by atoms with E-state index in [0.717, 1.165) is 4.90 Å². The molecule has 0 unspecified atom stereocenters. The third kappa shape index (κ3) is 4.41. The normalized spacial score (nSPS) is 16.2. The molecule has 0 fully saturated rings. The van der Waals surface area contributed by atoms with Gasteiger partial charge in [0.1, 0.15) is 11.5 Å². The van der Waals surface area contributed by atoms with Crippen LogP contribution in [0, 0.1) is 0 Å². The van der Waals surface area contributed by atoms with Crippen LogP contribution in [0.1, 0.15) is 13.8 Å². The molecule has 0 bridgehead atoms. The van der Waals surface area contributed by atoms with Gasteiger partial charge in [0, 0.05) is 29.7 Å². The van der Waals surface area contributed by atoms with Gasteiger partial charge in [0.25, 0.3) is 10.0 Å². The number of anilines is 2. The van der Waals surface area contributed by atoms with Crippen molar-refractivity contribution < 1.29 is 22.7 Å². The Kier molecular flexibility index (Phi) is 6.21. The number of hydrogen-bond donors (Lipinski definition) is 1. The van der Waals surface area contributed by atoms with E-state index >= 15 is 0 Å². The Labute approximate surface area is 179 Å². The molecule has 0 aromatic heterocycles. The predicted octanol–water partition coefficient (Wildman–Crippen LogP) is 4.01. The van der Waals surface area contributed by atoms with Crippen LogP contribution in [-0.4, -0.2) is 40.3 Å². The van der Waals surface area contributed by atoms with Crippen LogP contribution in [0.5, 0.6) is 11.5 Å². The maximum Gasteiger partial charge on any atom is 0.262 e. The topological polar surface area (TPSA) is 84.9 Å². The number of ether oxygens (including phenoxy) is 2. The first kappa shape index (κ1) is 21.6. The van der Waals surface area contributed by atoms with Gasteiger partial charge in [-0.2, -0.15) is 0 Å². The number of thioether (sulfide) groups is 1. The molecule has 10 heteroatoms. The Morgan fingerprint density at radius 1 is 1.21 bits per heavy atom. The first-order valence-corrected chi connectivity index (χ1v) is 11.4. The number of carbonyl (C=O) groups excluding carboxylic acids is 1. The first-order valence-electron chi connectivity index (χ1n) is 8.69. The fourth-order valence-corrected chi connectivity index (χ4v) is 5.44. The van der Waals surface area contributed by atoms with Gasteiger partial charge in [0.05, 0.1) is 35.5 Å². The lowest BCUT2D eigenvalue weighted by atomic mass is 10.2. The Bertz CT molecular complexity index is 1060. The summed E-state index contributed by atoms with van der Waals surface area (Å²) in [4.78, 5) is 14.5. The van der Waals surface area contributed by atoms with E-state index in [2.05, 4.69) is 4.72 Å². The number of halogens is 1. The van der Waals surface area contributed by atoms with Crippen LogP contribution in [0.4, 0.5) is 11.4 Å². The zero-order valence-corrected chi connectivity index (χ0v) is 18.7. The quantitative estimate of drug-likeness (QED) is 0.731. The third-order valence-corrected chi connectivity index (χ3v) is 7.21. The molecular weight excluding hydrogens is 436 g/mol. The average Bonchev–Trinajstić information content (AvgIpc) is 2.66. The molecule has 1 aliphatic rings. The summed E-state index contributed by atoms with van der Waals surface area (Å²) < 4.78 is 38.9. The molecule has 3 rings (SSSR count).